The van der Waals surface area contributed by atoms with Crippen molar-refractivity contribution in [2.75, 3.05) is 36.5 Å². The first-order valence-corrected chi connectivity index (χ1v) is 8.74. The Hall–Kier alpha value is -2.60. The van der Waals surface area contributed by atoms with Crippen LogP contribution in [0.25, 0.3) is 0 Å². The molecule has 1 saturated heterocycles. The van der Waals surface area contributed by atoms with Crippen LogP contribution in [0.5, 0.6) is 0 Å². The molecule has 0 spiro atoms. The van der Waals surface area contributed by atoms with E-state index in [0.29, 0.717) is 11.6 Å². The molecule has 0 atom stereocenters. The third-order valence-electron chi connectivity index (χ3n) is 4.45. The Balaban J connectivity index is 1.53. The zero-order chi connectivity index (χ0) is 17.1. The van der Waals surface area contributed by atoms with Gasteiger partial charge in [0.15, 0.2) is 0 Å². The molecule has 6 nitrogen and oxygen atoms in total. The molecular weight excluding hydrogens is 316 g/mol. The van der Waals surface area contributed by atoms with Gasteiger partial charge in [0.2, 0.25) is 0 Å². The summed E-state index contributed by atoms with van der Waals surface area (Å²) in [6.45, 7) is 3.24. The van der Waals surface area contributed by atoms with Gasteiger partial charge in [-0.25, -0.2) is 0 Å². The fourth-order valence-electron chi connectivity index (χ4n) is 2.94. The molecule has 2 aromatic rings. The molecule has 1 saturated carbocycles. The van der Waals surface area contributed by atoms with Crippen molar-refractivity contribution in [1.82, 2.24) is 10.3 Å². The zero-order valence-electron chi connectivity index (χ0n) is 14.1. The maximum absolute atomic E-state index is 12.2. The van der Waals surface area contributed by atoms with Crippen molar-refractivity contribution < 1.29 is 9.53 Å². The van der Waals surface area contributed by atoms with Gasteiger partial charge in [-0.05, 0) is 31.0 Å². The topological polar surface area (TPSA) is 66.5 Å². The molecule has 0 radical (unpaired) electrons. The van der Waals surface area contributed by atoms with Crippen LogP contribution < -0.4 is 15.5 Å². The maximum atomic E-state index is 12.2. The van der Waals surface area contributed by atoms with Crippen LogP contribution in [0.3, 0.4) is 0 Å². The van der Waals surface area contributed by atoms with Crippen LogP contribution in [-0.4, -0.2) is 43.2 Å². The lowest BCUT2D eigenvalue weighted by Crippen LogP contribution is -2.36. The summed E-state index contributed by atoms with van der Waals surface area (Å²) in [5, 5.41) is 6.40. The number of amides is 1. The molecule has 0 bridgehead atoms. The Morgan fingerprint density at radius 2 is 1.96 bits per heavy atom. The minimum absolute atomic E-state index is 0.0554. The van der Waals surface area contributed by atoms with E-state index in [-0.39, 0.29) is 5.91 Å². The van der Waals surface area contributed by atoms with Crippen LogP contribution in [0.4, 0.5) is 17.1 Å². The number of rotatable bonds is 5. The van der Waals surface area contributed by atoms with E-state index >= 15 is 0 Å². The summed E-state index contributed by atoms with van der Waals surface area (Å²) < 4.78 is 5.44. The van der Waals surface area contributed by atoms with Gasteiger partial charge in [-0.3, -0.25) is 9.78 Å². The first-order chi connectivity index (χ1) is 12.3. The van der Waals surface area contributed by atoms with E-state index in [1.807, 2.05) is 24.3 Å². The van der Waals surface area contributed by atoms with Crippen molar-refractivity contribution in [3.63, 3.8) is 0 Å². The van der Waals surface area contributed by atoms with Crippen LogP contribution in [-0.2, 0) is 4.74 Å². The van der Waals surface area contributed by atoms with Gasteiger partial charge in [-0.1, -0.05) is 12.1 Å². The molecule has 1 aromatic carbocycles. The Bertz CT molecular complexity index is 755. The predicted octanol–water partition coefficient (Wildman–Crippen LogP) is 2.55. The minimum atomic E-state index is -0.0554. The van der Waals surface area contributed by atoms with Crippen molar-refractivity contribution in [1.29, 1.82) is 0 Å². The van der Waals surface area contributed by atoms with Gasteiger partial charge in [0.05, 0.1) is 42.0 Å². The van der Waals surface area contributed by atoms with Crippen molar-refractivity contribution >= 4 is 23.0 Å². The summed E-state index contributed by atoms with van der Waals surface area (Å²) in [6, 6.07) is 10.4. The number of pyridine rings is 1. The second-order valence-electron chi connectivity index (χ2n) is 6.45. The molecule has 2 N–H and O–H groups in total. The van der Waals surface area contributed by atoms with Gasteiger partial charge < -0.3 is 20.3 Å². The summed E-state index contributed by atoms with van der Waals surface area (Å²) in [6.07, 6.45) is 5.49. The number of benzene rings is 1. The summed E-state index contributed by atoms with van der Waals surface area (Å²) in [5.41, 5.74) is 3.54. The number of anilines is 3. The standard InChI is InChI=1S/C19H22N4O2/c24-19(22-15-5-6-15)14-11-16(13-20-12-14)21-17-3-1-2-4-18(17)23-7-9-25-10-8-23/h1-4,11-13,15,21H,5-10H2,(H,22,24). The lowest BCUT2D eigenvalue weighted by atomic mass is 10.2. The van der Waals surface area contributed by atoms with E-state index in [0.717, 1.165) is 56.2 Å². The number of ether oxygens (including phenoxy) is 1. The van der Waals surface area contributed by atoms with E-state index in [4.69, 9.17) is 4.74 Å². The number of para-hydroxylation sites is 2. The molecule has 1 amide bonds. The van der Waals surface area contributed by atoms with Gasteiger partial charge in [0, 0.05) is 25.3 Å². The van der Waals surface area contributed by atoms with Crippen LogP contribution in [0.1, 0.15) is 23.2 Å². The van der Waals surface area contributed by atoms with Gasteiger partial charge in [0.1, 0.15) is 0 Å². The molecule has 25 heavy (non-hydrogen) atoms. The van der Waals surface area contributed by atoms with Gasteiger partial charge in [-0.15, -0.1) is 0 Å². The van der Waals surface area contributed by atoms with Crippen LogP contribution in [0.15, 0.2) is 42.7 Å². The van der Waals surface area contributed by atoms with E-state index < -0.39 is 0 Å². The van der Waals surface area contributed by atoms with Crippen molar-refractivity contribution in [3.05, 3.63) is 48.3 Å². The van der Waals surface area contributed by atoms with Crippen LogP contribution >= 0.6 is 0 Å². The van der Waals surface area contributed by atoms with Gasteiger partial charge in [-0.2, -0.15) is 0 Å². The molecule has 0 unspecified atom stereocenters. The molecule has 1 aromatic heterocycles. The fourth-order valence-corrected chi connectivity index (χ4v) is 2.94. The maximum Gasteiger partial charge on any atom is 0.253 e. The number of carbonyl (C=O) groups is 1. The Morgan fingerprint density at radius 3 is 2.76 bits per heavy atom. The molecule has 1 aliphatic heterocycles. The number of morpholine rings is 1. The normalized spacial score (nSPS) is 17.2. The van der Waals surface area contributed by atoms with Crippen molar-refractivity contribution in [2.24, 2.45) is 0 Å². The lowest BCUT2D eigenvalue weighted by molar-refractivity contribution is 0.0950. The third-order valence-corrected chi connectivity index (χ3v) is 4.45. The molecule has 6 heteroatoms. The molecule has 4 rings (SSSR count). The molecule has 1 aliphatic carbocycles. The SMILES string of the molecule is O=C(NC1CC1)c1cncc(Nc2ccccc2N2CCOCC2)c1. The summed E-state index contributed by atoms with van der Waals surface area (Å²) in [4.78, 5) is 18.7. The fraction of sp³-hybridized carbons (Fsp3) is 0.368. The predicted molar refractivity (Wildman–Crippen MR) is 97.5 cm³/mol. The second kappa shape index (κ2) is 7.11. The number of hydrogen-bond donors (Lipinski definition) is 2. The molecule has 2 aliphatic rings. The highest BCUT2D eigenvalue weighted by Crippen LogP contribution is 2.29. The first kappa shape index (κ1) is 15.9. The highest BCUT2D eigenvalue weighted by molar-refractivity contribution is 5.95. The number of aromatic nitrogens is 1. The van der Waals surface area contributed by atoms with Crippen LogP contribution in [0.2, 0.25) is 0 Å². The Labute approximate surface area is 147 Å². The Kier molecular flexibility index (Phi) is 4.52. The quantitative estimate of drug-likeness (QED) is 0.877. The number of hydrogen-bond acceptors (Lipinski definition) is 5. The van der Waals surface area contributed by atoms with E-state index in [1.165, 1.54) is 0 Å². The van der Waals surface area contributed by atoms with E-state index in [9.17, 15) is 4.79 Å². The third kappa shape index (κ3) is 3.91. The first-order valence-electron chi connectivity index (χ1n) is 8.74. The minimum Gasteiger partial charge on any atom is -0.378 e. The average Bonchev–Trinajstić information content (AvgIpc) is 3.47. The van der Waals surface area contributed by atoms with Gasteiger partial charge in [0.25, 0.3) is 5.91 Å². The van der Waals surface area contributed by atoms with Crippen LogP contribution in [0, 0.1) is 0 Å². The number of nitrogens with one attached hydrogen (secondary N) is 2. The molecular formula is C19H22N4O2. The smallest absolute Gasteiger partial charge is 0.253 e. The Morgan fingerprint density at radius 1 is 1.16 bits per heavy atom. The highest BCUT2D eigenvalue weighted by atomic mass is 16.5. The second-order valence-corrected chi connectivity index (χ2v) is 6.45. The molecule has 130 valence electrons. The average molecular weight is 338 g/mol. The largest absolute Gasteiger partial charge is 0.378 e. The number of nitrogens with zero attached hydrogens (tertiary/aromatic N) is 2. The summed E-state index contributed by atoms with van der Waals surface area (Å²) >= 11 is 0. The summed E-state index contributed by atoms with van der Waals surface area (Å²) in [7, 11) is 0. The van der Waals surface area contributed by atoms with E-state index in [1.54, 1.807) is 12.4 Å². The van der Waals surface area contributed by atoms with Gasteiger partial charge >= 0.3 is 0 Å². The van der Waals surface area contributed by atoms with E-state index in [2.05, 4.69) is 26.6 Å². The summed E-state index contributed by atoms with van der Waals surface area (Å²) in [5.74, 6) is -0.0554. The monoisotopic (exact) mass is 338 g/mol. The molecule has 2 fully saturated rings. The van der Waals surface area contributed by atoms with Crippen molar-refractivity contribution in [3.8, 4) is 0 Å². The number of carbonyl (C=O) groups excluding carboxylic acids is 1. The zero-order valence-corrected chi connectivity index (χ0v) is 14.1. The lowest BCUT2D eigenvalue weighted by Gasteiger charge is -2.30. The highest BCUT2D eigenvalue weighted by Gasteiger charge is 2.24. The van der Waals surface area contributed by atoms with Crippen molar-refractivity contribution in [2.45, 2.75) is 18.9 Å². The molecule has 2 heterocycles.